The van der Waals surface area contributed by atoms with Gasteiger partial charge in [0, 0.05) is 19.5 Å². The zero-order chi connectivity index (χ0) is 15.7. The summed E-state index contributed by atoms with van der Waals surface area (Å²) in [7, 11) is 0. The van der Waals surface area contributed by atoms with Crippen molar-refractivity contribution in [1.29, 1.82) is 0 Å². The topological polar surface area (TPSA) is 29.5 Å². The van der Waals surface area contributed by atoms with Gasteiger partial charge in [-0.25, -0.2) is 0 Å². The smallest absolute Gasteiger partial charge is 0.223 e. The van der Waals surface area contributed by atoms with Gasteiger partial charge in [-0.3, -0.25) is 4.79 Å². The summed E-state index contributed by atoms with van der Waals surface area (Å²) in [5.41, 5.74) is 0.157. The van der Waals surface area contributed by atoms with Gasteiger partial charge in [-0.1, -0.05) is 41.0 Å². The second kappa shape index (κ2) is 6.28. The number of nitrogens with zero attached hydrogens (tertiary/aromatic N) is 1. The molecule has 0 aromatic rings. The monoisotopic (exact) mass is 295 g/mol. The number of ether oxygens (including phenoxy) is 1. The molecule has 2 atom stereocenters. The molecule has 122 valence electrons. The predicted octanol–water partition coefficient (Wildman–Crippen LogP) is 3.87. The average molecular weight is 295 g/mol. The lowest BCUT2D eigenvalue weighted by Gasteiger charge is -2.39. The Morgan fingerprint density at radius 1 is 1.33 bits per heavy atom. The average Bonchev–Trinajstić information content (AvgIpc) is 2.81. The molecule has 2 saturated heterocycles. The zero-order valence-corrected chi connectivity index (χ0v) is 14.6. The predicted molar refractivity (Wildman–Crippen MR) is 86.1 cm³/mol. The van der Waals surface area contributed by atoms with Crippen molar-refractivity contribution >= 4 is 5.91 Å². The summed E-state index contributed by atoms with van der Waals surface area (Å²) in [6.07, 6.45) is 5.13. The summed E-state index contributed by atoms with van der Waals surface area (Å²) in [4.78, 5) is 14.4. The van der Waals surface area contributed by atoms with Crippen LogP contribution in [-0.2, 0) is 9.53 Å². The van der Waals surface area contributed by atoms with E-state index in [-0.39, 0.29) is 11.0 Å². The molecule has 1 unspecified atom stereocenters. The molecular weight excluding hydrogens is 262 g/mol. The number of piperidine rings is 1. The van der Waals surface area contributed by atoms with Crippen LogP contribution in [0.5, 0.6) is 0 Å². The van der Waals surface area contributed by atoms with E-state index >= 15 is 0 Å². The maximum atomic E-state index is 12.3. The molecule has 21 heavy (non-hydrogen) atoms. The van der Waals surface area contributed by atoms with Crippen LogP contribution in [0.1, 0.15) is 66.7 Å². The molecule has 0 aromatic heterocycles. The largest absolute Gasteiger partial charge is 0.375 e. The van der Waals surface area contributed by atoms with Crippen LogP contribution in [-0.4, -0.2) is 36.1 Å². The summed E-state index contributed by atoms with van der Waals surface area (Å²) in [5, 5.41) is 0. The molecule has 3 heteroatoms. The number of amides is 1. The maximum absolute atomic E-state index is 12.3. The minimum atomic E-state index is 0.0760. The quantitative estimate of drug-likeness (QED) is 0.791. The summed E-state index contributed by atoms with van der Waals surface area (Å²) in [6.45, 7) is 13.7. The highest BCUT2D eigenvalue weighted by Gasteiger charge is 2.44. The van der Waals surface area contributed by atoms with Crippen LogP contribution in [0.4, 0.5) is 0 Å². The van der Waals surface area contributed by atoms with Crippen LogP contribution in [0.3, 0.4) is 0 Å². The van der Waals surface area contributed by atoms with Crippen molar-refractivity contribution in [2.75, 3.05) is 19.7 Å². The van der Waals surface area contributed by atoms with Gasteiger partial charge in [0.15, 0.2) is 0 Å². The lowest BCUT2D eigenvalue weighted by atomic mass is 9.80. The van der Waals surface area contributed by atoms with Crippen molar-refractivity contribution in [3.63, 3.8) is 0 Å². The fraction of sp³-hybridized carbons (Fsp3) is 0.944. The second-order valence-electron chi connectivity index (χ2n) is 8.46. The third-order valence-corrected chi connectivity index (χ3v) is 5.40. The van der Waals surface area contributed by atoms with E-state index < -0.39 is 0 Å². The fourth-order valence-corrected chi connectivity index (χ4v) is 3.66. The first-order chi connectivity index (χ1) is 9.75. The molecule has 1 amide bonds. The maximum Gasteiger partial charge on any atom is 0.223 e. The fourth-order valence-electron chi connectivity index (χ4n) is 3.66. The van der Waals surface area contributed by atoms with E-state index in [9.17, 15) is 4.79 Å². The Balaban J connectivity index is 1.85. The molecule has 1 spiro atoms. The van der Waals surface area contributed by atoms with Gasteiger partial charge in [0.05, 0.1) is 12.2 Å². The van der Waals surface area contributed by atoms with Crippen LogP contribution in [0.2, 0.25) is 0 Å². The minimum absolute atomic E-state index is 0.0760. The Morgan fingerprint density at radius 3 is 2.48 bits per heavy atom. The molecule has 2 heterocycles. The Bertz CT molecular complexity index is 364. The highest BCUT2D eigenvalue weighted by molar-refractivity contribution is 5.76. The highest BCUT2D eigenvalue weighted by Crippen LogP contribution is 2.42. The zero-order valence-electron chi connectivity index (χ0n) is 14.6. The molecule has 2 aliphatic heterocycles. The van der Waals surface area contributed by atoms with Crippen molar-refractivity contribution in [2.45, 2.75) is 72.3 Å². The third kappa shape index (κ3) is 4.21. The van der Waals surface area contributed by atoms with Crippen molar-refractivity contribution < 1.29 is 9.53 Å². The van der Waals surface area contributed by atoms with Crippen LogP contribution in [0.25, 0.3) is 0 Å². The van der Waals surface area contributed by atoms with Gasteiger partial charge in [-0.05, 0) is 36.5 Å². The molecule has 3 nitrogen and oxygen atoms in total. The Morgan fingerprint density at radius 2 is 1.95 bits per heavy atom. The lowest BCUT2D eigenvalue weighted by molar-refractivity contribution is -0.137. The van der Waals surface area contributed by atoms with Gasteiger partial charge in [0.2, 0.25) is 5.91 Å². The van der Waals surface area contributed by atoms with Crippen LogP contribution < -0.4 is 0 Å². The van der Waals surface area contributed by atoms with E-state index in [4.69, 9.17) is 4.74 Å². The number of carbonyl (C=O) groups is 1. The summed E-state index contributed by atoms with van der Waals surface area (Å²) < 4.78 is 6.21. The van der Waals surface area contributed by atoms with Crippen LogP contribution in [0.15, 0.2) is 0 Å². The van der Waals surface area contributed by atoms with E-state index in [2.05, 4.69) is 39.5 Å². The number of hydrogen-bond donors (Lipinski definition) is 0. The summed E-state index contributed by atoms with van der Waals surface area (Å²) in [6, 6.07) is 0. The molecule has 2 fully saturated rings. The van der Waals surface area contributed by atoms with Crippen molar-refractivity contribution in [3.05, 3.63) is 0 Å². The first-order valence-electron chi connectivity index (χ1n) is 8.66. The molecule has 0 aromatic carbocycles. The number of hydrogen-bond acceptors (Lipinski definition) is 2. The van der Waals surface area contributed by atoms with Gasteiger partial charge in [-0.2, -0.15) is 0 Å². The number of rotatable bonds is 3. The number of likely N-dealkylation sites (tertiary alicyclic amines) is 1. The molecule has 2 rings (SSSR count). The minimum Gasteiger partial charge on any atom is -0.375 e. The Labute approximate surface area is 130 Å². The summed E-state index contributed by atoms with van der Waals surface area (Å²) in [5.74, 6) is 1.78. The van der Waals surface area contributed by atoms with Crippen molar-refractivity contribution in [3.8, 4) is 0 Å². The molecule has 0 bridgehead atoms. The lowest BCUT2D eigenvalue weighted by Crippen LogP contribution is -2.47. The SMILES string of the molecule is CCC(C)[C@H]1COC2(CCN(C(=O)CC(C)(C)C)CC2)C1. The van der Waals surface area contributed by atoms with E-state index in [1.165, 1.54) is 12.8 Å². The van der Waals surface area contributed by atoms with E-state index in [0.29, 0.717) is 18.2 Å². The number of carbonyl (C=O) groups excluding carboxylic acids is 1. The second-order valence-corrected chi connectivity index (χ2v) is 8.46. The standard InChI is InChI=1S/C18H33NO2/c1-6-14(2)15-11-18(21-13-15)7-9-19(10-8-18)16(20)12-17(3,4)5/h14-15H,6-13H2,1-5H3/t14?,15-/m1/s1. The highest BCUT2D eigenvalue weighted by atomic mass is 16.5. The van der Waals surface area contributed by atoms with Gasteiger partial charge in [0.1, 0.15) is 0 Å². The van der Waals surface area contributed by atoms with Gasteiger partial charge in [0.25, 0.3) is 0 Å². The van der Waals surface area contributed by atoms with Crippen molar-refractivity contribution in [1.82, 2.24) is 4.90 Å². The van der Waals surface area contributed by atoms with Gasteiger partial charge >= 0.3 is 0 Å². The normalized spacial score (nSPS) is 27.1. The van der Waals surface area contributed by atoms with Crippen LogP contribution in [0, 0.1) is 17.3 Å². The van der Waals surface area contributed by atoms with E-state index in [1.54, 1.807) is 0 Å². The van der Waals surface area contributed by atoms with E-state index in [1.807, 2.05) is 0 Å². The summed E-state index contributed by atoms with van der Waals surface area (Å²) >= 11 is 0. The molecule has 0 N–H and O–H groups in total. The molecule has 2 aliphatic rings. The molecular formula is C18H33NO2. The van der Waals surface area contributed by atoms with E-state index in [0.717, 1.165) is 38.5 Å². The van der Waals surface area contributed by atoms with Crippen molar-refractivity contribution in [2.24, 2.45) is 17.3 Å². The molecule has 0 saturated carbocycles. The first kappa shape index (κ1) is 16.8. The van der Waals surface area contributed by atoms with Gasteiger partial charge in [-0.15, -0.1) is 0 Å². The Hall–Kier alpha value is -0.570. The van der Waals surface area contributed by atoms with Gasteiger partial charge < -0.3 is 9.64 Å². The van der Waals surface area contributed by atoms with Crippen LogP contribution >= 0.6 is 0 Å². The molecule has 0 radical (unpaired) electrons. The molecule has 0 aliphatic carbocycles. The third-order valence-electron chi connectivity index (χ3n) is 5.40. The first-order valence-corrected chi connectivity index (χ1v) is 8.66. The Kier molecular flexibility index (Phi) is 5.02.